The summed E-state index contributed by atoms with van der Waals surface area (Å²) in [6.07, 6.45) is 0. The number of amides is 1. The van der Waals surface area contributed by atoms with Crippen molar-refractivity contribution < 1.29 is 4.79 Å². The molecule has 2 N–H and O–H groups in total. The van der Waals surface area contributed by atoms with Crippen LogP contribution in [0.15, 0.2) is 46.9 Å². The zero-order valence-corrected chi connectivity index (χ0v) is 14.4. The van der Waals surface area contributed by atoms with Crippen LogP contribution in [0.3, 0.4) is 0 Å². The molecule has 2 aromatic carbocycles. The van der Waals surface area contributed by atoms with E-state index in [1.165, 1.54) is 6.07 Å². The molecule has 2 aromatic rings. The second-order valence-corrected chi connectivity index (χ2v) is 6.19. The van der Waals surface area contributed by atoms with Crippen LogP contribution in [0.25, 0.3) is 0 Å². The number of anilines is 1. The van der Waals surface area contributed by atoms with Crippen molar-refractivity contribution in [2.24, 2.45) is 0 Å². The molecule has 0 saturated heterocycles. The van der Waals surface area contributed by atoms with Gasteiger partial charge in [-0.2, -0.15) is 0 Å². The number of carbonyl (C=O) groups is 1. The van der Waals surface area contributed by atoms with Crippen LogP contribution in [0, 0.1) is 0 Å². The molecular formula is C14H9BrCl2N2OS. The molecule has 1 amide bonds. The average Bonchev–Trinajstić information content (AvgIpc) is 2.41. The van der Waals surface area contributed by atoms with Gasteiger partial charge in [-0.1, -0.05) is 45.2 Å². The van der Waals surface area contributed by atoms with E-state index in [-0.39, 0.29) is 11.0 Å². The van der Waals surface area contributed by atoms with Crippen LogP contribution in [-0.2, 0) is 0 Å². The second kappa shape index (κ2) is 7.22. The molecule has 0 heterocycles. The Morgan fingerprint density at radius 2 is 1.86 bits per heavy atom. The van der Waals surface area contributed by atoms with Gasteiger partial charge in [0.1, 0.15) is 0 Å². The molecule has 7 heteroatoms. The molecule has 0 aliphatic rings. The van der Waals surface area contributed by atoms with Gasteiger partial charge in [0, 0.05) is 15.7 Å². The highest BCUT2D eigenvalue weighted by Crippen LogP contribution is 2.22. The first-order chi connectivity index (χ1) is 9.95. The highest BCUT2D eigenvalue weighted by Gasteiger charge is 2.10. The molecule has 21 heavy (non-hydrogen) atoms. The van der Waals surface area contributed by atoms with Gasteiger partial charge in [-0.25, -0.2) is 0 Å². The van der Waals surface area contributed by atoms with Crippen molar-refractivity contribution >= 4 is 68.1 Å². The third kappa shape index (κ3) is 4.68. The normalized spacial score (nSPS) is 10.0. The topological polar surface area (TPSA) is 41.1 Å². The van der Waals surface area contributed by atoms with Crippen LogP contribution < -0.4 is 10.6 Å². The van der Waals surface area contributed by atoms with Gasteiger partial charge in [0.25, 0.3) is 5.91 Å². The maximum atomic E-state index is 12.0. The molecule has 3 nitrogen and oxygen atoms in total. The molecule has 0 radical (unpaired) electrons. The molecule has 2 rings (SSSR count). The van der Waals surface area contributed by atoms with Gasteiger partial charge in [0.05, 0.1) is 10.0 Å². The first-order valence-corrected chi connectivity index (χ1v) is 7.74. The number of hydrogen-bond acceptors (Lipinski definition) is 2. The van der Waals surface area contributed by atoms with Crippen molar-refractivity contribution in [1.82, 2.24) is 5.32 Å². The predicted molar refractivity (Wildman–Crippen MR) is 94.3 cm³/mol. The lowest BCUT2D eigenvalue weighted by Gasteiger charge is -2.10. The fourth-order valence-corrected chi connectivity index (χ4v) is 2.45. The van der Waals surface area contributed by atoms with Crippen LogP contribution in [0.1, 0.15) is 10.4 Å². The molecule has 108 valence electrons. The van der Waals surface area contributed by atoms with E-state index in [0.29, 0.717) is 15.6 Å². The minimum atomic E-state index is -0.360. The summed E-state index contributed by atoms with van der Waals surface area (Å²) in [5.41, 5.74) is 1.15. The van der Waals surface area contributed by atoms with Gasteiger partial charge in [0.15, 0.2) is 5.11 Å². The summed E-state index contributed by atoms with van der Waals surface area (Å²) in [7, 11) is 0. The minimum absolute atomic E-state index is 0.198. The molecule has 0 atom stereocenters. The van der Waals surface area contributed by atoms with E-state index in [9.17, 15) is 4.79 Å². The van der Waals surface area contributed by atoms with Crippen molar-refractivity contribution in [3.05, 3.63) is 62.5 Å². The molecular weight excluding hydrogens is 395 g/mol. The number of benzene rings is 2. The summed E-state index contributed by atoms with van der Waals surface area (Å²) in [5.74, 6) is -0.360. The van der Waals surface area contributed by atoms with Crippen molar-refractivity contribution in [3.63, 3.8) is 0 Å². The van der Waals surface area contributed by atoms with E-state index in [0.717, 1.165) is 10.2 Å². The van der Waals surface area contributed by atoms with Gasteiger partial charge in [-0.3, -0.25) is 10.1 Å². The number of nitrogens with one attached hydrogen (secondary N) is 2. The van der Waals surface area contributed by atoms with Crippen molar-refractivity contribution in [2.75, 3.05) is 5.32 Å². The molecule has 0 fully saturated rings. The lowest BCUT2D eigenvalue weighted by Crippen LogP contribution is -2.34. The Balaban J connectivity index is 2.02. The number of thiocarbonyl (C=S) groups is 1. The standard InChI is InChI=1S/C14H9BrCl2N2OS/c15-9-2-1-3-10(7-9)18-14(21)19-13(20)8-4-5-11(16)12(17)6-8/h1-7H,(H2,18,19,20,21). The highest BCUT2D eigenvalue weighted by atomic mass is 79.9. The first kappa shape index (κ1) is 16.2. The van der Waals surface area contributed by atoms with Gasteiger partial charge in [-0.15, -0.1) is 0 Å². The summed E-state index contributed by atoms with van der Waals surface area (Å²) in [6, 6.07) is 12.0. The molecule has 0 bridgehead atoms. The summed E-state index contributed by atoms with van der Waals surface area (Å²) in [6.45, 7) is 0. The Hall–Kier alpha value is -1.14. The number of rotatable bonds is 2. The summed E-state index contributed by atoms with van der Waals surface area (Å²) in [4.78, 5) is 12.0. The molecule has 0 saturated carbocycles. The maximum Gasteiger partial charge on any atom is 0.257 e. The van der Waals surface area contributed by atoms with E-state index >= 15 is 0 Å². The Kier molecular flexibility index (Phi) is 5.58. The first-order valence-electron chi connectivity index (χ1n) is 5.78. The van der Waals surface area contributed by atoms with Gasteiger partial charge in [0.2, 0.25) is 0 Å². The highest BCUT2D eigenvalue weighted by molar-refractivity contribution is 9.10. The lowest BCUT2D eigenvalue weighted by molar-refractivity contribution is 0.0978. The Bertz CT molecular complexity index is 709. The van der Waals surface area contributed by atoms with Crippen LogP contribution >= 0.6 is 51.3 Å². The number of carbonyl (C=O) groups excluding carboxylic acids is 1. The number of halogens is 3. The fourth-order valence-electron chi connectivity index (χ4n) is 1.54. The van der Waals surface area contributed by atoms with Gasteiger partial charge >= 0.3 is 0 Å². The van der Waals surface area contributed by atoms with E-state index in [1.54, 1.807) is 12.1 Å². The zero-order valence-electron chi connectivity index (χ0n) is 10.5. The smallest absolute Gasteiger partial charge is 0.257 e. The summed E-state index contributed by atoms with van der Waals surface area (Å²) >= 11 is 20.1. The SMILES string of the molecule is O=C(NC(=S)Nc1cccc(Br)c1)c1ccc(Cl)c(Cl)c1. The average molecular weight is 404 g/mol. The molecule has 0 aromatic heterocycles. The van der Waals surface area contributed by atoms with Crippen LogP contribution in [0.4, 0.5) is 5.69 Å². The Morgan fingerprint density at radius 1 is 1.10 bits per heavy atom. The molecule has 0 unspecified atom stereocenters. The maximum absolute atomic E-state index is 12.0. The molecule has 0 spiro atoms. The zero-order chi connectivity index (χ0) is 15.4. The molecule has 0 aliphatic heterocycles. The third-order valence-corrected chi connectivity index (χ3v) is 3.93. The van der Waals surface area contributed by atoms with Crippen molar-refractivity contribution in [3.8, 4) is 0 Å². The minimum Gasteiger partial charge on any atom is -0.332 e. The van der Waals surface area contributed by atoms with Crippen LogP contribution in [-0.4, -0.2) is 11.0 Å². The largest absolute Gasteiger partial charge is 0.332 e. The third-order valence-electron chi connectivity index (χ3n) is 2.49. The predicted octanol–water partition coefficient (Wildman–Crippen LogP) is 4.88. The summed E-state index contributed by atoms with van der Waals surface area (Å²) < 4.78 is 0.908. The van der Waals surface area contributed by atoms with E-state index in [1.807, 2.05) is 24.3 Å². The quantitative estimate of drug-likeness (QED) is 0.702. The Labute approximate surface area is 145 Å². The Morgan fingerprint density at radius 3 is 2.52 bits per heavy atom. The van der Waals surface area contributed by atoms with Gasteiger partial charge < -0.3 is 5.32 Å². The van der Waals surface area contributed by atoms with Crippen LogP contribution in [0.2, 0.25) is 10.0 Å². The monoisotopic (exact) mass is 402 g/mol. The lowest BCUT2D eigenvalue weighted by atomic mass is 10.2. The van der Waals surface area contributed by atoms with E-state index in [4.69, 9.17) is 35.4 Å². The van der Waals surface area contributed by atoms with Crippen LogP contribution in [0.5, 0.6) is 0 Å². The fraction of sp³-hybridized carbons (Fsp3) is 0. The van der Waals surface area contributed by atoms with Crippen molar-refractivity contribution in [2.45, 2.75) is 0 Å². The number of hydrogen-bond donors (Lipinski definition) is 2. The van der Waals surface area contributed by atoms with E-state index < -0.39 is 0 Å². The van der Waals surface area contributed by atoms with E-state index in [2.05, 4.69) is 26.6 Å². The second-order valence-electron chi connectivity index (χ2n) is 4.05. The van der Waals surface area contributed by atoms with Gasteiger partial charge in [-0.05, 0) is 48.6 Å². The summed E-state index contributed by atoms with van der Waals surface area (Å²) in [5, 5.41) is 6.40. The molecule has 0 aliphatic carbocycles. The van der Waals surface area contributed by atoms with Crippen molar-refractivity contribution in [1.29, 1.82) is 0 Å².